The molecule has 0 radical (unpaired) electrons. The molecule has 30 heavy (non-hydrogen) atoms. The molecule has 2 atom stereocenters. The number of hydrogen-bond acceptors (Lipinski definition) is 7. The minimum absolute atomic E-state index is 0.0124. The van der Waals surface area contributed by atoms with Crippen molar-refractivity contribution < 1.29 is 9.47 Å². The molecule has 7 nitrogen and oxygen atoms in total. The van der Waals surface area contributed by atoms with Crippen LogP contribution in [0.15, 0.2) is 41.1 Å². The van der Waals surface area contributed by atoms with Crippen LogP contribution in [0, 0.1) is 45.3 Å². The van der Waals surface area contributed by atoms with Gasteiger partial charge in [0, 0.05) is 42.6 Å². The van der Waals surface area contributed by atoms with Gasteiger partial charge in [-0.25, -0.2) is 0 Å². The van der Waals surface area contributed by atoms with Gasteiger partial charge >= 0.3 is 0 Å². The lowest BCUT2D eigenvalue weighted by Gasteiger charge is -2.46. The number of methoxy groups -OCH3 is 2. The van der Waals surface area contributed by atoms with Gasteiger partial charge in [0.2, 0.25) is 5.41 Å². The third-order valence-electron chi connectivity index (χ3n) is 6.18. The van der Waals surface area contributed by atoms with Crippen LogP contribution in [0.5, 0.6) is 11.5 Å². The number of hydrogen-bond donors (Lipinski definition) is 1. The van der Waals surface area contributed by atoms with Gasteiger partial charge in [0.15, 0.2) is 0 Å². The molecule has 154 valence electrons. The average molecular weight is 403 g/mol. The molecule has 0 unspecified atom stereocenters. The number of ether oxygens (including phenoxy) is 2. The van der Waals surface area contributed by atoms with Gasteiger partial charge in [-0.05, 0) is 25.5 Å². The lowest BCUT2D eigenvalue weighted by Crippen LogP contribution is -2.48. The third kappa shape index (κ3) is 3.07. The fraction of sp³-hybridized carbons (Fsp3) is 0.435. The molecule has 1 aliphatic carbocycles. The topological polar surface area (TPSA) is 119 Å². The van der Waals surface area contributed by atoms with E-state index in [2.05, 4.69) is 37.0 Å². The predicted molar refractivity (Wildman–Crippen MR) is 111 cm³/mol. The van der Waals surface area contributed by atoms with Crippen molar-refractivity contribution in [3.63, 3.8) is 0 Å². The van der Waals surface area contributed by atoms with Gasteiger partial charge in [-0.15, -0.1) is 0 Å². The molecular formula is C23H25N5O2. The van der Waals surface area contributed by atoms with Gasteiger partial charge in [0.1, 0.15) is 11.5 Å². The average Bonchev–Trinajstić information content (AvgIpc) is 2.78. The van der Waals surface area contributed by atoms with Crippen molar-refractivity contribution in [3.8, 4) is 29.7 Å². The monoisotopic (exact) mass is 403 g/mol. The molecule has 0 saturated carbocycles. The smallest absolute Gasteiger partial charge is 0.204 e. The Hall–Kier alpha value is -3.47. The molecule has 1 heterocycles. The molecule has 0 spiro atoms. The van der Waals surface area contributed by atoms with Crippen LogP contribution in [0.25, 0.3) is 0 Å². The number of benzene rings is 1. The number of nitriles is 3. The van der Waals surface area contributed by atoms with Gasteiger partial charge < -0.3 is 15.2 Å². The molecule has 2 N–H and O–H groups in total. The van der Waals surface area contributed by atoms with Gasteiger partial charge in [-0.1, -0.05) is 12.1 Å². The van der Waals surface area contributed by atoms with E-state index in [9.17, 15) is 15.8 Å². The molecule has 1 aliphatic heterocycles. The van der Waals surface area contributed by atoms with Gasteiger partial charge in [-0.3, -0.25) is 4.90 Å². The zero-order chi connectivity index (χ0) is 22.1. The zero-order valence-electron chi connectivity index (χ0n) is 17.6. The minimum Gasteiger partial charge on any atom is -0.497 e. The van der Waals surface area contributed by atoms with Crippen molar-refractivity contribution in [2.24, 2.45) is 17.1 Å². The second-order valence-electron chi connectivity index (χ2n) is 7.81. The van der Waals surface area contributed by atoms with Gasteiger partial charge in [0.05, 0.1) is 43.7 Å². The first kappa shape index (κ1) is 21.2. The molecule has 2 aliphatic rings. The highest BCUT2D eigenvalue weighted by atomic mass is 16.5. The maximum atomic E-state index is 10.0. The first-order valence-electron chi connectivity index (χ1n) is 9.77. The Kier molecular flexibility index (Phi) is 5.74. The van der Waals surface area contributed by atoms with E-state index in [1.165, 1.54) is 0 Å². The minimum atomic E-state index is -1.63. The van der Waals surface area contributed by atoms with Crippen molar-refractivity contribution in [2.75, 3.05) is 27.3 Å². The number of nitrogens with zero attached hydrogens (tertiary/aromatic N) is 4. The second kappa shape index (κ2) is 8.11. The normalized spacial score (nSPS) is 22.9. The SMILES string of the molecule is COc1ccc([C@H]2C(C#N)=C(N)C(C#N)(C#N)C3=CCN(C(C)C)C[C@H]32)c(OC)c1. The van der Waals surface area contributed by atoms with Crippen LogP contribution >= 0.6 is 0 Å². The Bertz CT molecular complexity index is 1020. The van der Waals surface area contributed by atoms with Crippen LogP contribution in [-0.2, 0) is 0 Å². The lowest BCUT2D eigenvalue weighted by molar-refractivity contribution is 0.185. The lowest BCUT2D eigenvalue weighted by atomic mass is 9.59. The number of nitrogens with two attached hydrogens (primary N) is 1. The van der Waals surface area contributed by atoms with Crippen LogP contribution in [-0.4, -0.2) is 38.3 Å². The number of rotatable bonds is 4. The molecule has 1 aromatic carbocycles. The van der Waals surface area contributed by atoms with E-state index in [1.54, 1.807) is 20.3 Å². The summed E-state index contributed by atoms with van der Waals surface area (Å²) in [4.78, 5) is 2.26. The molecule has 0 aromatic heterocycles. The first-order valence-corrected chi connectivity index (χ1v) is 9.77. The Morgan fingerprint density at radius 3 is 2.40 bits per heavy atom. The molecule has 3 rings (SSSR count). The molecule has 7 heteroatoms. The van der Waals surface area contributed by atoms with E-state index in [0.717, 1.165) is 5.56 Å². The summed E-state index contributed by atoms with van der Waals surface area (Å²) in [5.41, 5.74) is 6.44. The zero-order valence-corrected chi connectivity index (χ0v) is 17.6. The summed E-state index contributed by atoms with van der Waals surface area (Å²) in [6.07, 6.45) is 1.94. The molecule has 1 aromatic rings. The molecule has 0 fully saturated rings. The Morgan fingerprint density at radius 1 is 1.17 bits per heavy atom. The molecule has 0 amide bonds. The van der Waals surface area contributed by atoms with Gasteiger partial charge in [-0.2, -0.15) is 15.8 Å². The van der Waals surface area contributed by atoms with Crippen molar-refractivity contribution in [1.29, 1.82) is 15.8 Å². The Morgan fingerprint density at radius 2 is 1.87 bits per heavy atom. The fourth-order valence-corrected chi connectivity index (χ4v) is 4.51. The standard InChI is InChI=1S/C23H25N5O2/c1-14(2)28-8-7-19-18(11-28)21(16-6-5-15(29-3)9-20(16)30-4)17(10-24)22(27)23(19,12-25)13-26/h5-7,9,14,18,21H,8,11,27H2,1-4H3/t18-,21+/m1/s1. The van der Waals surface area contributed by atoms with Crippen LogP contribution in [0.4, 0.5) is 0 Å². The maximum absolute atomic E-state index is 10.0. The molecule has 0 bridgehead atoms. The Labute approximate surface area is 177 Å². The van der Waals surface area contributed by atoms with E-state index in [0.29, 0.717) is 30.2 Å². The predicted octanol–water partition coefficient (Wildman–Crippen LogP) is 2.84. The highest BCUT2D eigenvalue weighted by Crippen LogP contribution is 2.54. The summed E-state index contributed by atoms with van der Waals surface area (Å²) in [7, 11) is 3.14. The second-order valence-corrected chi connectivity index (χ2v) is 7.81. The number of fused-ring (bicyclic) bond motifs is 1. The maximum Gasteiger partial charge on any atom is 0.204 e. The fourth-order valence-electron chi connectivity index (χ4n) is 4.51. The van der Waals surface area contributed by atoms with Crippen LogP contribution < -0.4 is 15.2 Å². The molecular weight excluding hydrogens is 378 g/mol. The highest BCUT2D eigenvalue weighted by Gasteiger charge is 2.53. The van der Waals surface area contributed by atoms with E-state index in [1.807, 2.05) is 18.2 Å². The van der Waals surface area contributed by atoms with Crippen molar-refractivity contribution >= 4 is 0 Å². The van der Waals surface area contributed by atoms with Crippen LogP contribution in [0.2, 0.25) is 0 Å². The van der Waals surface area contributed by atoms with Crippen molar-refractivity contribution in [3.05, 3.63) is 46.7 Å². The van der Waals surface area contributed by atoms with E-state index < -0.39 is 11.3 Å². The number of allylic oxidation sites excluding steroid dienone is 2. The first-order chi connectivity index (χ1) is 14.4. The van der Waals surface area contributed by atoms with E-state index in [-0.39, 0.29) is 23.2 Å². The highest BCUT2D eigenvalue weighted by molar-refractivity contribution is 5.60. The van der Waals surface area contributed by atoms with Crippen LogP contribution in [0.3, 0.4) is 0 Å². The van der Waals surface area contributed by atoms with Crippen molar-refractivity contribution in [1.82, 2.24) is 4.90 Å². The van der Waals surface area contributed by atoms with E-state index in [4.69, 9.17) is 15.2 Å². The third-order valence-corrected chi connectivity index (χ3v) is 6.18. The van der Waals surface area contributed by atoms with E-state index >= 15 is 0 Å². The summed E-state index contributed by atoms with van der Waals surface area (Å²) in [5.74, 6) is 0.513. The van der Waals surface area contributed by atoms with Crippen LogP contribution in [0.1, 0.15) is 25.3 Å². The van der Waals surface area contributed by atoms with Gasteiger partial charge in [0.25, 0.3) is 0 Å². The molecule has 0 saturated heterocycles. The summed E-state index contributed by atoms with van der Waals surface area (Å²) in [6.45, 7) is 5.42. The quantitative estimate of drug-likeness (QED) is 0.768. The summed E-state index contributed by atoms with van der Waals surface area (Å²) in [6, 6.07) is 12.1. The van der Waals surface area contributed by atoms with Crippen molar-refractivity contribution in [2.45, 2.75) is 25.8 Å². The summed E-state index contributed by atoms with van der Waals surface area (Å²) in [5, 5.41) is 30.0. The Balaban J connectivity index is 2.31. The summed E-state index contributed by atoms with van der Waals surface area (Å²) >= 11 is 0. The largest absolute Gasteiger partial charge is 0.497 e. The summed E-state index contributed by atoms with van der Waals surface area (Å²) < 4.78 is 10.9.